The molecule has 1 aliphatic rings. The van der Waals surface area contributed by atoms with Crippen LogP contribution < -0.4 is 5.32 Å². The first-order valence-corrected chi connectivity index (χ1v) is 5.25. The van der Waals surface area contributed by atoms with Gasteiger partial charge in [-0.3, -0.25) is 0 Å². The average Bonchev–Trinajstić information content (AvgIpc) is 2.20. The monoisotopic (exact) mass is 183 g/mol. The SMILES string of the molecule is C=CCNCC1(CO)CCCCC1. The number of hydrogen-bond acceptors (Lipinski definition) is 2. The lowest BCUT2D eigenvalue weighted by atomic mass is 9.74. The summed E-state index contributed by atoms with van der Waals surface area (Å²) in [6, 6.07) is 0. The second kappa shape index (κ2) is 5.40. The highest BCUT2D eigenvalue weighted by Gasteiger charge is 2.30. The number of aliphatic hydroxyl groups excluding tert-OH is 1. The van der Waals surface area contributed by atoms with E-state index in [1.54, 1.807) is 0 Å². The first-order valence-electron chi connectivity index (χ1n) is 5.25. The van der Waals surface area contributed by atoms with Gasteiger partial charge in [-0.05, 0) is 12.8 Å². The first-order chi connectivity index (χ1) is 6.33. The van der Waals surface area contributed by atoms with E-state index in [0.717, 1.165) is 13.1 Å². The minimum absolute atomic E-state index is 0.168. The molecular formula is C11H21NO. The van der Waals surface area contributed by atoms with E-state index in [9.17, 15) is 5.11 Å². The second-order valence-electron chi connectivity index (χ2n) is 4.14. The third-order valence-electron chi connectivity index (χ3n) is 3.04. The van der Waals surface area contributed by atoms with Gasteiger partial charge in [0.1, 0.15) is 0 Å². The fourth-order valence-corrected chi connectivity index (χ4v) is 2.13. The molecule has 0 amide bonds. The van der Waals surface area contributed by atoms with Gasteiger partial charge in [-0.25, -0.2) is 0 Å². The smallest absolute Gasteiger partial charge is 0.0499 e. The number of aliphatic hydroxyl groups is 1. The zero-order chi connectivity index (χ0) is 9.57. The molecule has 0 atom stereocenters. The van der Waals surface area contributed by atoms with Crippen LogP contribution in [0.15, 0.2) is 12.7 Å². The second-order valence-corrected chi connectivity index (χ2v) is 4.14. The minimum Gasteiger partial charge on any atom is -0.396 e. The van der Waals surface area contributed by atoms with Crippen LogP contribution in [-0.4, -0.2) is 24.8 Å². The highest BCUT2D eigenvalue weighted by Crippen LogP contribution is 2.34. The van der Waals surface area contributed by atoms with Gasteiger partial charge in [0, 0.05) is 25.1 Å². The topological polar surface area (TPSA) is 32.3 Å². The maximum atomic E-state index is 9.38. The third kappa shape index (κ3) is 3.12. The van der Waals surface area contributed by atoms with Crippen LogP contribution in [-0.2, 0) is 0 Å². The lowest BCUT2D eigenvalue weighted by Crippen LogP contribution is -2.39. The molecule has 0 saturated heterocycles. The van der Waals surface area contributed by atoms with Gasteiger partial charge in [-0.2, -0.15) is 0 Å². The van der Waals surface area contributed by atoms with Gasteiger partial charge >= 0.3 is 0 Å². The first kappa shape index (κ1) is 10.7. The molecule has 0 unspecified atom stereocenters. The molecule has 1 saturated carbocycles. The van der Waals surface area contributed by atoms with E-state index in [-0.39, 0.29) is 5.41 Å². The van der Waals surface area contributed by atoms with Crippen molar-refractivity contribution < 1.29 is 5.11 Å². The van der Waals surface area contributed by atoms with Crippen molar-refractivity contribution >= 4 is 0 Å². The Hall–Kier alpha value is -0.340. The van der Waals surface area contributed by atoms with Crippen LogP contribution in [0.3, 0.4) is 0 Å². The van der Waals surface area contributed by atoms with Crippen LogP contribution >= 0.6 is 0 Å². The molecule has 0 aromatic heterocycles. The summed E-state index contributed by atoms with van der Waals surface area (Å²) in [5, 5.41) is 12.7. The molecule has 0 heterocycles. The molecule has 0 aromatic rings. The van der Waals surface area contributed by atoms with Gasteiger partial charge in [0.15, 0.2) is 0 Å². The highest BCUT2D eigenvalue weighted by atomic mass is 16.3. The molecule has 2 nitrogen and oxygen atoms in total. The fraction of sp³-hybridized carbons (Fsp3) is 0.818. The molecule has 2 N–H and O–H groups in total. The van der Waals surface area contributed by atoms with Crippen LogP contribution in [0.25, 0.3) is 0 Å². The standard InChI is InChI=1S/C11H21NO/c1-2-8-12-9-11(10-13)6-4-3-5-7-11/h2,12-13H,1,3-10H2. The summed E-state index contributed by atoms with van der Waals surface area (Å²) in [5.41, 5.74) is 0.168. The van der Waals surface area contributed by atoms with E-state index in [1.165, 1.54) is 32.1 Å². The largest absolute Gasteiger partial charge is 0.396 e. The lowest BCUT2D eigenvalue weighted by Gasteiger charge is -2.35. The van der Waals surface area contributed by atoms with Gasteiger partial charge in [-0.1, -0.05) is 25.3 Å². The van der Waals surface area contributed by atoms with Crippen molar-refractivity contribution in [2.75, 3.05) is 19.7 Å². The van der Waals surface area contributed by atoms with Crippen molar-refractivity contribution in [1.29, 1.82) is 0 Å². The van der Waals surface area contributed by atoms with Crippen molar-refractivity contribution in [2.24, 2.45) is 5.41 Å². The summed E-state index contributed by atoms with van der Waals surface area (Å²) >= 11 is 0. The van der Waals surface area contributed by atoms with Gasteiger partial charge in [0.25, 0.3) is 0 Å². The van der Waals surface area contributed by atoms with Gasteiger partial charge in [0.05, 0.1) is 0 Å². The normalized spacial score (nSPS) is 21.3. The van der Waals surface area contributed by atoms with E-state index in [2.05, 4.69) is 11.9 Å². The highest BCUT2D eigenvalue weighted by molar-refractivity contribution is 4.85. The summed E-state index contributed by atoms with van der Waals surface area (Å²) in [7, 11) is 0. The molecule has 13 heavy (non-hydrogen) atoms. The molecule has 0 spiro atoms. The van der Waals surface area contributed by atoms with E-state index in [4.69, 9.17) is 0 Å². The Morgan fingerprint density at radius 2 is 2.00 bits per heavy atom. The molecule has 0 aliphatic heterocycles. The Bertz CT molecular complexity index is 150. The molecule has 1 aliphatic carbocycles. The van der Waals surface area contributed by atoms with Gasteiger partial charge in [0.2, 0.25) is 0 Å². The predicted molar refractivity (Wildman–Crippen MR) is 55.7 cm³/mol. The van der Waals surface area contributed by atoms with Gasteiger partial charge < -0.3 is 10.4 Å². The fourth-order valence-electron chi connectivity index (χ4n) is 2.13. The molecule has 1 fully saturated rings. The molecular weight excluding hydrogens is 162 g/mol. The summed E-state index contributed by atoms with van der Waals surface area (Å²) in [4.78, 5) is 0. The van der Waals surface area contributed by atoms with Gasteiger partial charge in [-0.15, -0.1) is 6.58 Å². The Morgan fingerprint density at radius 1 is 1.31 bits per heavy atom. The van der Waals surface area contributed by atoms with E-state index in [1.807, 2.05) is 6.08 Å². The van der Waals surface area contributed by atoms with Crippen LogP contribution in [0.4, 0.5) is 0 Å². The Labute approximate surface area is 81.0 Å². The molecule has 0 radical (unpaired) electrons. The Balaban J connectivity index is 2.33. The van der Waals surface area contributed by atoms with Crippen LogP contribution in [0.1, 0.15) is 32.1 Å². The van der Waals surface area contributed by atoms with Crippen LogP contribution in [0.5, 0.6) is 0 Å². The maximum Gasteiger partial charge on any atom is 0.0499 e. The Morgan fingerprint density at radius 3 is 2.54 bits per heavy atom. The zero-order valence-electron chi connectivity index (χ0n) is 8.39. The van der Waals surface area contributed by atoms with E-state index < -0.39 is 0 Å². The van der Waals surface area contributed by atoms with Crippen molar-refractivity contribution in [2.45, 2.75) is 32.1 Å². The number of nitrogens with one attached hydrogen (secondary N) is 1. The van der Waals surface area contributed by atoms with Crippen molar-refractivity contribution in [3.63, 3.8) is 0 Å². The quantitative estimate of drug-likeness (QED) is 0.502. The summed E-state index contributed by atoms with van der Waals surface area (Å²) in [5.74, 6) is 0. The summed E-state index contributed by atoms with van der Waals surface area (Å²) in [6.45, 7) is 5.79. The summed E-state index contributed by atoms with van der Waals surface area (Å²) < 4.78 is 0. The average molecular weight is 183 g/mol. The number of hydrogen-bond donors (Lipinski definition) is 2. The maximum absolute atomic E-state index is 9.38. The molecule has 0 aromatic carbocycles. The van der Waals surface area contributed by atoms with Crippen molar-refractivity contribution in [1.82, 2.24) is 5.32 Å². The number of rotatable bonds is 5. The van der Waals surface area contributed by atoms with E-state index >= 15 is 0 Å². The van der Waals surface area contributed by atoms with Crippen LogP contribution in [0, 0.1) is 5.41 Å². The van der Waals surface area contributed by atoms with Crippen molar-refractivity contribution in [3.05, 3.63) is 12.7 Å². The predicted octanol–water partition coefficient (Wildman–Crippen LogP) is 1.70. The third-order valence-corrected chi connectivity index (χ3v) is 3.04. The lowest BCUT2D eigenvalue weighted by molar-refractivity contribution is 0.0824. The van der Waals surface area contributed by atoms with E-state index in [0.29, 0.717) is 6.61 Å². The molecule has 0 bridgehead atoms. The molecule has 2 heteroatoms. The molecule has 1 rings (SSSR count). The Kier molecular flexibility index (Phi) is 4.46. The molecule has 76 valence electrons. The minimum atomic E-state index is 0.168. The van der Waals surface area contributed by atoms with Crippen LogP contribution in [0.2, 0.25) is 0 Å². The summed E-state index contributed by atoms with van der Waals surface area (Å²) in [6.07, 6.45) is 8.10. The zero-order valence-corrected chi connectivity index (χ0v) is 8.39. The van der Waals surface area contributed by atoms with Crippen molar-refractivity contribution in [3.8, 4) is 0 Å².